The highest BCUT2D eigenvalue weighted by atomic mass is 16.4. The Kier molecular flexibility index (Phi) is 4.22. The molecule has 0 amide bonds. The van der Waals surface area contributed by atoms with E-state index in [4.69, 9.17) is 5.11 Å². The lowest BCUT2D eigenvalue weighted by molar-refractivity contribution is -0.139. The minimum Gasteiger partial charge on any atom is -0.481 e. The second-order valence-electron chi connectivity index (χ2n) is 6.39. The van der Waals surface area contributed by atoms with Crippen LogP contribution in [0.2, 0.25) is 0 Å². The van der Waals surface area contributed by atoms with Gasteiger partial charge in [-0.15, -0.1) is 0 Å². The van der Waals surface area contributed by atoms with Gasteiger partial charge in [-0.2, -0.15) is 5.10 Å². The number of aliphatic carboxylic acids is 1. The summed E-state index contributed by atoms with van der Waals surface area (Å²) in [7, 11) is 0. The zero-order valence-corrected chi connectivity index (χ0v) is 11.8. The second-order valence-corrected chi connectivity index (χ2v) is 6.39. The Morgan fingerprint density at radius 3 is 2.68 bits per heavy atom. The van der Waals surface area contributed by atoms with E-state index in [0.717, 1.165) is 11.6 Å². The van der Waals surface area contributed by atoms with Gasteiger partial charge in [-0.25, -0.2) is 4.98 Å². The zero-order chi connectivity index (χ0) is 13.9. The summed E-state index contributed by atoms with van der Waals surface area (Å²) in [5.74, 6) is 1.45. The van der Waals surface area contributed by atoms with Crippen molar-refractivity contribution in [2.45, 2.75) is 64.7 Å². The maximum absolute atomic E-state index is 10.8. The number of aromatic amines is 1. The van der Waals surface area contributed by atoms with E-state index in [1.807, 2.05) is 13.8 Å². The Morgan fingerprint density at radius 2 is 2.05 bits per heavy atom. The summed E-state index contributed by atoms with van der Waals surface area (Å²) < 4.78 is 0. The molecule has 5 heteroatoms. The van der Waals surface area contributed by atoms with Crippen LogP contribution in [0.1, 0.15) is 69.9 Å². The molecule has 0 unspecified atom stereocenters. The lowest BCUT2D eigenvalue weighted by Gasteiger charge is -2.20. The zero-order valence-electron chi connectivity index (χ0n) is 11.8. The minimum absolute atomic E-state index is 0.145. The molecule has 0 aliphatic heterocycles. The van der Waals surface area contributed by atoms with E-state index in [2.05, 4.69) is 15.2 Å². The molecule has 1 aromatic rings. The van der Waals surface area contributed by atoms with Gasteiger partial charge < -0.3 is 5.11 Å². The molecule has 1 saturated carbocycles. The highest BCUT2D eigenvalue weighted by molar-refractivity contribution is 5.67. The van der Waals surface area contributed by atoms with E-state index >= 15 is 0 Å². The second kappa shape index (κ2) is 5.72. The highest BCUT2D eigenvalue weighted by Gasteiger charge is 2.25. The summed E-state index contributed by atoms with van der Waals surface area (Å²) >= 11 is 0. The molecule has 106 valence electrons. The highest BCUT2D eigenvalue weighted by Crippen LogP contribution is 2.31. The monoisotopic (exact) mass is 265 g/mol. The summed E-state index contributed by atoms with van der Waals surface area (Å²) in [6.45, 7) is 3.90. The summed E-state index contributed by atoms with van der Waals surface area (Å²) in [5.41, 5.74) is -0.296. The van der Waals surface area contributed by atoms with Gasteiger partial charge in [0.05, 0.1) is 6.42 Å². The van der Waals surface area contributed by atoms with Crippen molar-refractivity contribution in [1.29, 1.82) is 0 Å². The van der Waals surface area contributed by atoms with Gasteiger partial charge in [0.15, 0.2) is 5.82 Å². The Balaban J connectivity index is 1.98. The van der Waals surface area contributed by atoms with Gasteiger partial charge in [0.1, 0.15) is 5.82 Å². The van der Waals surface area contributed by atoms with Crippen LogP contribution in [0, 0.1) is 5.41 Å². The van der Waals surface area contributed by atoms with Crippen LogP contribution in [-0.4, -0.2) is 26.3 Å². The normalized spacial score (nSPS) is 17.6. The largest absolute Gasteiger partial charge is 0.481 e. The van der Waals surface area contributed by atoms with Gasteiger partial charge >= 0.3 is 5.97 Å². The third kappa shape index (κ3) is 4.04. The number of carboxylic acid groups (broad SMARTS) is 1. The van der Waals surface area contributed by atoms with Crippen molar-refractivity contribution >= 4 is 5.97 Å². The molecule has 1 heterocycles. The van der Waals surface area contributed by atoms with Crippen LogP contribution in [0.5, 0.6) is 0 Å². The first-order valence-electron chi connectivity index (χ1n) is 7.09. The molecule has 2 rings (SSSR count). The molecule has 1 aliphatic carbocycles. The minimum atomic E-state index is -0.767. The molecule has 5 nitrogen and oxygen atoms in total. The standard InChI is InChI=1S/C14H23N3O2/c1-14(2,9-12(18)19)8-11-15-13(17-16-11)10-6-4-3-5-7-10/h10H,3-9H2,1-2H3,(H,18,19)(H,15,16,17). The van der Waals surface area contributed by atoms with E-state index in [-0.39, 0.29) is 11.8 Å². The first kappa shape index (κ1) is 14.0. The molecule has 0 radical (unpaired) electrons. The van der Waals surface area contributed by atoms with Crippen molar-refractivity contribution in [3.05, 3.63) is 11.6 Å². The smallest absolute Gasteiger partial charge is 0.303 e. The van der Waals surface area contributed by atoms with Crippen LogP contribution in [-0.2, 0) is 11.2 Å². The predicted octanol–water partition coefficient (Wildman–Crippen LogP) is 2.90. The van der Waals surface area contributed by atoms with Gasteiger partial charge in [-0.05, 0) is 18.3 Å². The fraction of sp³-hybridized carbons (Fsp3) is 0.786. The van der Waals surface area contributed by atoms with Crippen molar-refractivity contribution < 1.29 is 9.90 Å². The molecule has 1 fully saturated rings. The molecule has 2 N–H and O–H groups in total. The molecule has 0 saturated heterocycles. The fourth-order valence-electron chi connectivity index (χ4n) is 2.86. The van der Waals surface area contributed by atoms with Crippen molar-refractivity contribution in [2.75, 3.05) is 0 Å². The van der Waals surface area contributed by atoms with Gasteiger partial charge in [0, 0.05) is 12.3 Å². The third-order valence-electron chi connectivity index (χ3n) is 3.80. The Hall–Kier alpha value is -1.39. The number of hydrogen-bond donors (Lipinski definition) is 2. The average Bonchev–Trinajstić information content (AvgIpc) is 2.76. The molecule has 0 bridgehead atoms. The number of carboxylic acids is 1. The Labute approximate surface area is 113 Å². The van der Waals surface area contributed by atoms with Gasteiger partial charge in [-0.1, -0.05) is 33.1 Å². The lowest BCUT2D eigenvalue weighted by Crippen LogP contribution is -2.20. The summed E-state index contributed by atoms with van der Waals surface area (Å²) in [5, 5.41) is 16.2. The topological polar surface area (TPSA) is 78.9 Å². The van der Waals surface area contributed by atoms with E-state index < -0.39 is 5.97 Å². The van der Waals surface area contributed by atoms with Crippen LogP contribution >= 0.6 is 0 Å². The first-order valence-corrected chi connectivity index (χ1v) is 7.09. The molecular formula is C14H23N3O2. The Bertz CT molecular complexity index is 434. The molecule has 0 aromatic carbocycles. The summed E-state index contributed by atoms with van der Waals surface area (Å²) in [4.78, 5) is 15.4. The molecule has 0 atom stereocenters. The lowest BCUT2D eigenvalue weighted by atomic mass is 9.85. The van der Waals surface area contributed by atoms with E-state index in [0.29, 0.717) is 12.3 Å². The first-order chi connectivity index (χ1) is 8.96. The number of carbonyl (C=O) groups is 1. The van der Waals surface area contributed by atoms with Crippen molar-refractivity contribution in [3.63, 3.8) is 0 Å². The summed E-state index contributed by atoms with van der Waals surface area (Å²) in [6.07, 6.45) is 6.97. The van der Waals surface area contributed by atoms with Crippen LogP contribution < -0.4 is 0 Å². The molecule has 1 aromatic heterocycles. The van der Waals surface area contributed by atoms with Gasteiger partial charge in [0.2, 0.25) is 0 Å². The van der Waals surface area contributed by atoms with E-state index in [1.54, 1.807) is 0 Å². The predicted molar refractivity (Wildman–Crippen MR) is 71.9 cm³/mol. The fourth-order valence-corrected chi connectivity index (χ4v) is 2.86. The molecule has 1 aliphatic rings. The van der Waals surface area contributed by atoms with Crippen molar-refractivity contribution in [1.82, 2.24) is 15.2 Å². The van der Waals surface area contributed by atoms with E-state index in [1.165, 1.54) is 32.1 Å². The average molecular weight is 265 g/mol. The number of hydrogen-bond acceptors (Lipinski definition) is 3. The van der Waals surface area contributed by atoms with Crippen LogP contribution in [0.15, 0.2) is 0 Å². The van der Waals surface area contributed by atoms with Crippen LogP contribution in [0.25, 0.3) is 0 Å². The maximum Gasteiger partial charge on any atom is 0.303 e. The van der Waals surface area contributed by atoms with Crippen LogP contribution in [0.4, 0.5) is 0 Å². The number of H-pyrrole nitrogens is 1. The van der Waals surface area contributed by atoms with Crippen LogP contribution in [0.3, 0.4) is 0 Å². The van der Waals surface area contributed by atoms with Crippen molar-refractivity contribution in [3.8, 4) is 0 Å². The quantitative estimate of drug-likeness (QED) is 0.858. The molecular weight excluding hydrogens is 242 g/mol. The Morgan fingerprint density at radius 1 is 1.37 bits per heavy atom. The van der Waals surface area contributed by atoms with Crippen molar-refractivity contribution in [2.24, 2.45) is 5.41 Å². The van der Waals surface area contributed by atoms with Gasteiger partial charge in [-0.3, -0.25) is 9.89 Å². The number of nitrogens with zero attached hydrogens (tertiary/aromatic N) is 2. The molecule has 19 heavy (non-hydrogen) atoms. The number of aromatic nitrogens is 3. The van der Waals surface area contributed by atoms with E-state index in [9.17, 15) is 4.79 Å². The number of nitrogens with one attached hydrogen (secondary N) is 1. The number of rotatable bonds is 5. The SMILES string of the molecule is CC(C)(CC(=O)O)Cc1nc(C2CCCCC2)n[nH]1. The molecule has 0 spiro atoms. The third-order valence-corrected chi connectivity index (χ3v) is 3.80. The summed E-state index contributed by atoms with van der Waals surface area (Å²) in [6, 6.07) is 0. The maximum atomic E-state index is 10.8. The van der Waals surface area contributed by atoms with Gasteiger partial charge in [0.25, 0.3) is 0 Å².